The minimum absolute atomic E-state index is 0.0472. The van der Waals surface area contributed by atoms with Gasteiger partial charge in [0.2, 0.25) is 0 Å². The average molecular weight is 306 g/mol. The molecule has 126 valence electrons. The lowest BCUT2D eigenvalue weighted by molar-refractivity contribution is 0.428. The maximum absolute atomic E-state index is 10.8. The van der Waals surface area contributed by atoms with Crippen LogP contribution in [0.4, 0.5) is 0 Å². The number of phenolic OH excluding ortho intramolecular Hbond substituents is 1. The molecular formula is C20H35NO. The molecule has 1 aromatic carbocycles. The van der Waals surface area contributed by atoms with Crippen LogP contribution >= 0.6 is 0 Å². The first kappa shape index (κ1) is 19.0. The lowest BCUT2D eigenvalue weighted by atomic mass is 9.78. The molecule has 0 amide bonds. The summed E-state index contributed by atoms with van der Waals surface area (Å²) in [5.74, 6) is 0.393. The van der Waals surface area contributed by atoms with Crippen molar-refractivity contribution in [2.24, 2.45) is 5.73 Å². The van der Waals surface area contributed by atoms with Crippen LogP contribution < -0.4 is 5.73 Å². The molecule has 0 aliphatic rings. The van der Waals surface area contributed by atoms with Crippen LogP contribution in [0.15, 0.2) is 12.1 Å². The Morgan fingerprint density at radius 3 is 2.05 bits per heavy atom. The average Bonchev–Trinajstić information content (AvgIpc) is 2.36. The lowest BCUT2D eigenvalue weighted by Gasteiger charge is -2.29. The molecule has 0 fully saturated rings. The van der Waals surface area contributed by atoms with Crippen LogP contribution in [0.3, 0.4) is 0 Å². The maximum Gasteiger partial charge on any atom is 0.124 e. The molecule has 3 N–H and O–H groups in total. The second kappa shape index (κ2) is 7.04. The van der Waals surface area contributed by atoms with Crippen molar-refractivity contribution in [3.8, 4) is 5.75 Å². The second-order valence-corrected chi connectivity index (χ2v) is 8.56. The minimum Gasteiger partial charge on any atom is -0.507 e. The van der Waals surface area contributed by atoms with Gasteiger partial charge in [0.1, 0.15) is 5.75 Å². The van der Waals surface area contributed by atoms with Gasteiger partial charge in [0.25, 0.3) is 0 Å². The Morgan fingerprint density at radius 2 is 1.59 bits per heavy atom. The van der Waals surface area contributed by atoms with Gasteiger partial charge in [-0.25, -0.2) is 0 Å². The third-order valence-corrected chi connectivity index (χ3v) is 4.33. The van der Waals surface area contributed by atoms with Gasteiger partial charge in [-0.3, -0.25) is 0 Å². The molecule has 1 atom stereocenters. The van der Waals surface area contributed by atoms with E-state index in [1.807, 2.05) is 0 Å². The first-order chi connectivity index (χ1) is 9.98. The molecule has 0 saturated carbocycles. The van der Waals surface area contributed by atoms with Crippen molar-refractivity contribution in [3.05, 3.63) is 28.8 Å². The number of phenols is 1. The molecule has 2 nitrogen and oxygen atoms in total. The van der Waals surface area contributed by atoms with Gasteiger partial charge in [-0.1, -0.05) is 73.8 Å². The third-order valence-electron chi connectivity index (χ3n) is 4.33. The highest BCUT2D eigenvalue weighted by Gasteiger charge is 2.26. The SMILES string of the molecule is CCCCC[C@H](N)c1cc(C(C)(C)C)cc(C(C)(C)C)c1O. The van der Waals surface area contributed by atoms with Crippen molar-refractivity contribution in [2.75, 3.05) is 0 Å². The van der Waals surface area contributed by atoms with Gasteiger partial charge in [-0.2, -0.15) is 0 Å². The highest BCUT2D eigenvalue weighted by Crippen LogP contribution is 2.40. The summed E-state index contributed by atoms with van der Waals surface area (Å²) in [4.78, 5) is 0. The number of unbranched alkanes of at least 4 members (excludes halogenated alkanes) is 2. The topological polar surface area (TPSA) is 46.2 Å². The van der Waals surface area contributed by atoms with E-state index in [-0.39, 0.29) is 16.9 Å². The summed E-state index contributed by atoms with van der Waals surface area (Å²) in [5.41, 5.74) is 9.51. The molecule has 0 heterocycles. The molecule has 0 aliphatic carbocycles. The summed E-state index contributed by atoms with van der Waals surface area (Å²) in [5, 5.41) is 10.8. The van der Waals surface area contributed by atoms with Crippen molar-refractivity contribution >= 4 is 0 Å². The van der Waals surface area contributed by atoms with E-state index in [4.69, 9.17) is 5.73 Å². The van der Waals surface area contributed by atoms with Crippen molar-refractivity contribution in [2.45, 2.75) is 91.0 Å². The van der Waals surface area contributed by atoms with Crippen molar-refractivity contribution < 1.29 is 5.11 Å². The largest absolute Gasteiger partial charge is 0.507 e. The molecule has 0 bridgehead atoms. The standard InChI is InChI=1S/C20H35NO/c1-8-9-10-11-17(21)15-12-14(19(2,3)4)13-16(18(15)22)20(5,6)7/h12-13,17,22H,8-11,21H2,1-7H3/t17-/m0/s1. The molecular weight excluding hydrogens is 270 g/mol. The molecule has 0 saturated heterocycles. The molecule has 0 spiro atoms. The highest BCUT2D eigenvalue weighted by molar-refractivity contribution is 5.49. The molecule has 22 heavy (non-hydrogen) atoms. The van der Waals surface area contributed by atoms with Crippen LogP contribution in [0.1, 0.15) is 96.9 Å². The van der Waals surface area contributed by atoms with E-state index in [1.165, 1.54) is 18.4 Å². The van der Waals surface area contributed by atoms with E-state index in [9.17, 15) is 5.11 Å². The Morgan fingerprint density at radius 1 is 1.00 bits per heavy atom. The summed E-state index contributed by atoms with van der Waals surface area (Å²) in [6, 6.07) is 4.17. The summed E-state index contributed by atoms with van der Waals surface area (Å²) < 4.78 is 0. The Hall–Kier alpha value is -1.02. The van der Waals surface area contributed by atoms with Crippen LogP contribution in [-0.2, 0) is 10.8 Å². The summed E-state index contributed by atoms with van der Waals surface area (Å²) in [7, 11) is 0. The van der Waals surface area contributed by atoms with E-state index in [0.29, 0.717) is 5.75 Å². The van der Waals surface area contributed by atoms with Crippen LogP contribution in [0.5, 0.6) is 5.75 Å². The smallest absolute Gasteiger partial charge is 0.124 e. The molecule has 0 unspecified atom stereocenters. The van der Waals surface area contributed by atoms with E-state index in [1.54, 1.807) is 0 Å². The third kappa shape index (κ3) is 4.74. The zero-order chi connectivity index (χ0) is 17.1. The zero-order valence-corrected chi connectivity index (χ0v) is 15.6. The van der Waals surface area contributed by atoms with E-state index < -0.39 is 0 Å². The quantitative estimate of drug-likeness (QED) is 0.699. The molecule has 1 rings (SSSR count). The monoisotopic (exact) mass is 305 g/mol. The number of rotatable bonds is 5. The van der Waals surface area contributed by atoms with Crippen LogP contribution in [0.2, 0.25) is 0 Å². The Kier molecular flexibility index (Phi) is 6.09. The number of hydrogen-bond acceptors (Lipinski definition) is 2. The fourth-order valence-corrected chi connectivity index (χ4v) is 2.71. The van der Waals surface area contributed by atoms with Gasteiger partial charge in [-0.15, -0.1) is 0 Å². The first-order valence-electron chi connectivity index (χ1n) is 8.62. The predicted molar refractivity (Wildman–Crippen MR) is 96.6 cm³/mol. The highest BCUT2D eigenvalue weighted by atomic mass is 16.3. The number of aromatic hydroxyl groups is 1. The van der Waals surface area contributed by atoms with Gasteiger partial charge >= 0.3 is 0 Å². The van der Waals surface area contributed by atoms with Crippen molar-refractivity contribution in [3.63, 3.8) is 0 Å². The molecule has 1 aromatic rings. The first-order valence-corrected chi connectivity index (χ1v) is 8.62. The molecule has 0 aromatic heterocycles. The van der Waals surface area contributed by atoms with E-state index in [2.05, 4.69) is 60.6 Å². The summed E-state index contributed by atoms with van der Waals surface area (Å²) in [6.07, 6.45) is 4.42. The number of nitrogens with two attached hydrogens (primary N) is 1. The lowest BCUT2D eigenvalue weighted by Crippen LogP contribution is -2.20. The Bertz CT molecular complexity index is 492. The van der Waals surface area contributed by atoms with Gasteiger partial charge in [0.05, 0.1) is 0 Å². The second-order valence-electron chi connectivity index (χ2n) is 8.56. The van der Waals surface area contributed by atoms with Crippen molar-refractivity contribution in [1.82, 2.24) is 0 Å². The minimum atomic E-state index is -0.0940. The predicted octanol–water partition coefficient (Wildman–Crippen LogP) is 5.57. The van der Waals surface area contributed by atoms with Gasteiger partial charge in [-0.05, 0) is 34.4 Å². The Balaban J connectivity index is 3.31. The number of benzene rings is 1. The van der Waals surface area contributed by atoms with Crippen LogP contribution in [0.25, 0.3) is 0 Å². The Labute approximate surface area is 137 Å². The van der Waals surface area contributed by atoms with Gasteiger partial charge in [0.15, 0.2) is 0 Å². The van der Waals surface area contributed by atoms with E-state index in [0.717, 1.165) is 24.0 Å². The zero-order valence-electron chi connectivity index (χ0n) is 15.6. The van der Waals surface area contributed by atoms with Gasteiger partial charge in [0, 0.05) is 11.6 Å². The number of hydrogen-bond donors (Lipinski definition) is 2. The maximum atomic E-state index is 10.8. The van der Waals surface area contributed by atoms with Crippen LogP contribution in [0, 0.1) is 0 Å². The fraction of sp³-hybridized carbons (Fsp3) is 0.700. The molecule has 0 radical (unpaired) electrons. The molecule has 2 heteroatoms. The fourth-order valence-electron chi connectivity index (χ4n) is 2.71. The molecule has 0 aliphatic heterocycles. The van der Waals surface area contributed by atoms with Crippen molar-refractivity contribution in [1.29, 1.82) is 0 Å². The normalized spacial score (nSPS) is 14.2. The summed E-state index contributed by atoms with van der Waals surface area (Å²) in [6.45, 7) is 15.2. The summed E-state index contributed by atoms with van der Waals surface area (Å²) >= 11 is 0. The van der Waals surface area contributed by atoms with Crippen LogP contribution in [-0.4, -0.2) is 5.11 Å². The van der Waals surface area contributed by atoms with E-state index >= 15 is 0 Å². The van der Waals surface area contributed by atoms with Gasteiger partial charge < -0.3 is 10.8 Å².